The van der Waals surface area contributed by atoms with Gasteiger partial charge < -0.3 is 4.98 Å². The van der Waals surface area contributed by atoms with E-state index in [0.717, 1.165) is 12.0 Å². The molecule has 1 aliphatic rings. The van der Waals surface area contributed by atoms with Gasteiger partial charge in [0.15, 0.2) is 5.69 Å². The second-order valence-electron chi connectivity index (χ2n) is 4.87. The molecule has 0 amide bonds. The van der Waals surface area contributed by atoms with Crippen molar-refractivity contribution in [3.05, 3.63) is 57.0 Å². The van der Waals surface area contributed by atoms with E-state index in [1.165, 1.54) is 6.20 Å². The Morgan fingerprint density at radius 3 is 2.86 bits per heavy atom. The summed E-state index contributed by atoms with van der Waals surface area (Å²) < 4.78 is 0. The van der Waals surface area contributed by atoms with Gasteiger partial charge in [0, 0.05) is 6.20 Å². The highest BCUT2D eigenvalue weighted by Gasteiger charge is 2.38. The van der Waals surface area contributed by atoms with E-state index in [4.69, 9.17) is 5.26 Å². The molecule has 7 nitrogen and oxygen atoms in total. The molecule has 0 spiro atoms. The first-order valence-electron chi connectivity index (χ1n) is 6.36. The third kappa shape index (κ3) is 2.27. The average molecular weight is 281 g/mol. The lowest BCUT2D eigenvalue weighted by molar-refractivity contribution is 0.929. The number of nitriles is 1. The van der Waals surface area contributed by atoms with Crippen molar-refractivity contribution in [2.24, 2.45) is 5.92 Å². The first-order chi connectivity index (χ1) is 10.1. The molecular weight excluding hydrogens is 270 g/mol. The molecule has 7 heteroatoms. The lowest BCUT2D eigenvalue weighted by Gasteiger charge is -2.04. The molecule has 2 aromatic heterocycles. The van der Waals surface area contributed by atoms with Crippen molar-refractivity contribution in [1.29, 1.82) is 5.26 Å². The predicted octanol–water partition coefficient (Wildman–Crippen LogP) is 0.681. The van der Waals surface area contributed by atoms with Gasteiger partial charge in [-0.15, -0.1) is 16.8 Å². The Morgan fingerprint density at radius 1 is 1.43 bits per heavy atom. The Bertz CT molecular complexity index is 874. The first-order valence-corrected chi connectivity index (χ1v) is 6.36. The number of hydrogen-bond acceptors (Lipinski definition) is 5. The molecule has 0 aromatic carbocycles. The van der Waals surface area contributed by atoms with Crippen LogP contribution in [0.4, 0.5) is 0 Å². The zero-order valence-corrected chi connectivity index (χ0v) is 11.0. The molecule has 1 fully saturated rings. The van der Waals surface area contributed by atoms with Crippen molar-refractivity contribution >= 4 is 0 Å². The van der Waals surface area contributed by atoms with Crippen LogP contribution in [0, 0.1) is 17.2 Å². The van der Waals surface area contributed by atoms with Crippen molar-refractivity contribution in [3.8, 4) is 17.3 Å². The number of rotatable bonds is 3. The standard InChI is InChI=1S/C14H11N5O2/c1-2-7-3-8(7)9-4-11(18-19-12(9)5-15)10-6-16-14(21)17-13(10)20/h2,4,6-8H,1,3H2,(H2,16,17,20,21)/t7-,8-/m0/s1. The van der Waals surface area contributed by atoms with Crippen LogP contribution in [0.3, 0.4) is 0 Å². The van der Waals surface area contributed by atoms with Gasteiger partial charge in [-0.1, -0.05) is 6.08 Å². The van der Waals surface area contributed by atoms with Crippen LogP contribution in [0.15, 0.2) is 34.5 Å². The second kappa shape index (κ2) is 4.83. The number of nitrogens with zero attached hydrogens (tertiary/aromatic N) is 3. The van der Waals surface area contributed by atoms with E-state index in [1.807, 2.05) is 12.1 Å². The Balaban J connectivity index is 2.11. The van der Waals surface area contributed by atoms with Gasteiger partial charge in [0.2, 0.25) is 0 Å². The topological polar surface area (TPSA) is 115 Å². The summed E-state index contributed by atoms with van der Waals surface area (Å²) in [6.07, 6.45) is 4.04. The van der Waals surface area contributed by atoms with Gasteiger partial charge in [-0.3, -0.25) is 9.78 Å². The summed E-state index contributed by atoms with van der Waals surface area (Å²) in [5.41, 5.74) is 0.436. The molecule has 2 heterocycles. The maximum absolute atomic E-state index is 11.8. The van der Waals surface area contributed by atoms with Gasteiger partial charge in [-0.25, -0.2) is 4.79 Å². The van der Waals surface area contributed by atoms with Gasteiger partial charge in [-0.2, -0.15) is 5.26 Å². The third-order valence-electron chi connectivity index (χ3n) is 3.57. The zero-order valence-electron chi connectivity index (χ0n) is 11.0. The number of aromatic amines is 2. The van der Waals surface area contributed by atoms with E-state index in [9.17, 15) is 9.59 Å². The number of nitrogens with one attached hydrogen (secondary N) is 2. The average Bonchev–Trinajstić information content (AvgIpc) is 3.26. The predicted molar refractivity (Wildman–Crippen MR) is 74.5 cm³/mol. The van der Waals surface area contributed by atoms with Crippen LogP contribution in [0.25, 0.3) is 11.3 Å². The summed E-state index contributed by atoms with van der Waals surface area (Å²) in [4.78, 5) is 27.4. The molecule has 0 bridgehead atoms. The van der Waals surface area contributed by atoms with Crippen LogP contribution < -0.4 is 11.2 Å². The largest absolute Gasteiger partial charge is 0.325 e. The molecule has 0 radical (unpaired) electrons. The molecule has 1 aliphatic carbocycles. The molecule has 2 atom stereocenters. The summed E-state index contributed by atoms with van der Waals surface area (Å²) in [6, 6.07) is 3.70. The van der Waals surface area contributed by atoms with Crippen LogP contribution in [0.1, 0.15) is 23.6 Å². The lowest BCUT2D eigenvalue weighted by Crippen LogP contribution is -2.23. The minimum absolute atomic E-state index is 0.188. The minimum Gasteiger partial charge on any atom is -0.313 e. The SMILES string of the molecule is C=C[C@H]1C[C@@H]1c1cc(-c2c[nH]c(=O)[nH]c2=O)nnc1C#N. The van der Waals surface area contributed by atoms with Gasteiger partial charge in [0.1, 0.15) is 11.8 Å². The molecule has 3 rings (SSSR count). The van der Waals surface area contributed by atoms with Crippen molar-refractivity contribution in [2.75, 3.05) is 0 Å². The molecule has 1 saturated carbocycles. The smallest absolute Gasteiger partial charge is 0.313 e. The highest BCUT2D eigenvalue weighted by Crippen LogP contribution is 2.49. The maximum Gasteiger partial charge on any atom is 0.325 e. The van der Waals surface area contributed by atoms with E-state index >= 15 is 0 Å². The quantitative estimate of drug-likeness (QED) is 0.803. The fourth-order valence-corrected chi connectivity index (χ4v) is 2.34. The van der Waals surface area contributed by atoms with Crippen molar-refractivity contribution < 1.29 is 0 Å². The molecule has 0 aliphatic heterocycles. The summed E-state index contributed by atoms with van der Waals surface area (Å²) in [5, 5.41) is 16.9. The van der Waals surface area contributed by atoms with Gasteiger partial charge in [0.05, 0.1) is 5.56 Å². The Kier molecular flexibility index (Phi) is 2.99. The Labute approximate surface area is 119 Å². The normalized spacial score (nSPS) is 19.8. The van der Waals surface area contributed by atoms with E-state index in [2.05, 4.69) is 26.7 Å². The fourth-order valence-electron chi connectivity index (χ4n) is 2.34. The monoisotopic (exact) mass is 281 g/mol. The first kappa shape index (κ1) is 13.0. The van der Waals surface area contributed by atoms with Gasteiger partial charge in [-0.05, 0) is 29.9 Å². The fraction of sp³-hybridized carbons (Fsp3) is 0.214. The van der Waals surface area contributed by atoms with E-state index < -0.39 is 11.2 Å². The number of allylic oxidation sites excluding steroid dienone is 1. The van der Waals surface area contributed by atoms with Crippen LogP contribution in [0.2, 0.25) is 0 Å². The molecule has 21 heavy (non-hydrogen) atoms. The Morgan fingerprint density at radius 2 is 2.24 bits per heavy atom. The molecule has 104 valence electrons. The highest BCUT2D eigenvalue weighted by molar-refractivity contribution is 5.58. The van der Waals surface area contributed by atoms with Crippen LogP contribution in [-0.4, -0.2) is 20.2 Å². The molecule has 2 aromatic rings. The lowest BCUT2D eigenvalue weighted by atomic mass is 10.1. The zero-order chi connectivity index (χ0) is 15.0. The molecular formula is C14H11N5O2. The summed E-state index contributed by atoms with van der Waals surface area (Å²) >= 11 is 0. The third-order valence-corrected chi connectivity index (χ3v) is 3.57. The van der Waals surface area contributed by atoms with Gasteiger partial charge >= 0.3 is 5.69 Å². The number of aromatic nitrogens is 4. The van der Waals surface area contributed by atoms with Gasteiger partial charge in [0.25, 0.3) is 5.56 Å². The molecule has 0 saturated heterocycles. The van der Waals surface area contributed by atoms with Crippen molar-refractivity contribution in [2.45, 2.75) is 12.3 Å². The van der Waals surface area contributed by atoms with Crippen molar-refractivity contribution in [3.63, 3.8) is 0 Å². The van der Waals surface area contributed by atoms with E-state index in [1.54, 1.807) is 6.07 Å². The molecule has 0 unspecified atom stereocenters. The summed E-state index contributed by atoms with van der Waals surface area (Å²) in [6.45, 7) is 3.74. The summed E-state index contributed by atoms with van der Waals surface area (Å²) in [5.74, 6) is 0.510. The Hall–Kier alpha value is -3.01. The van der Waals surface area contributed by atoms with Crippen LogP contribution in [0.5, 0.6) is 0 Å². The molecule has 2 N–H and O–H groups in total. The number of H-pyrrole nitrogens is 2. The maximum atomic E-state index is 11.8. The highest BCUT2D eigenvalue weighted by atomic mass is 16.2. The van der Waals surface area contributed by atoms with E-state index in [-0.39, 0.29) is 17.2 Å². The van der Waals surface area contributed by atoms with Crippen molar-refractivity contribution in [1.82, 2.24) is 20.2 Å². The van der Waals surface area contributed by atoms with Crippen LogP contribution in [-0.2, 0) is 0 Å². The number of hydrogen-bond donors (Lipinski definition) is 2. The minimum atomic E-state index is -0.584. The second-order valence-corrected chi connectivity index (χ2v) is 4.87. The van der Waals surface area contributed by atoms with E-state index in [0.29, 0.717) is 11.6 Å². The summed E-state index contributed by atoms with van der Waals surface area (Å²) in [7, 11) is 0. The van der Waals surface area contributed by atoms with Crippen LogP contribution >= 0.6 is 0 Å².